The van der Waals surface area contributed by atoms with Gasteiger partial charge in [-0.2, -0.15) is 18.3 Å². The van der Waals surface area contributed by atoms with E-state index in [0.29, 0.717) is 28.3 Å². The molecule has 0 radical (unpaired) electrons. The molecule has 3 heterocycles. The van der Waals surface area contributed by atoms with Crippen molar-refractivity contribution >= 4 is 33.7 Å². The Morgan fingerprint density at radius 2 is 1.83 bits per heavy atom. The van der Waals surface area contributed by atoms with Gasteiger partial charge in [0.05, 0.1) is 17.1 Å². The van der Waals surface area contributed by atoms with Gasteiger partial charge in [-0.3, -0.25) is 14.0 Å². The lowest BCUT2D eigenvalue weighted by molar-refractivity contribution is -0.137. The van der Waals surface area contributed by atoms with E-state index in [9.17, 15) is 18.0 Å². The molecule has 0 aliphatic heterocycles. The van der Waals surface area contributed by atoms with Gasteiger partial charge in [0.25, 0.3) is 5.91 Å². The Morgan fingerprint density at radius 3 is 2.51 bits per heavy atom. The number of carbonyl (C=O) groups excluding carboxylic acids is 1. The van der Waals surface area contributed by atoms with Crippen LogP contribution >= 0.6 is 0 Å². The maximum absolute atomic E-state index is 13.0. The summed E-state index contributed by atoms with van der Waals surface area (Å²) in [6.45, 7) is 1.82. The number of aromatic nitrogens is 4. The molecule has 1 atom stereocenters. The van der Waals surface area contributed by atoms with Gasteiger partial charge < -0.3 is 11.1 Å². The molecule has 0 saturated carbocycles. The van der Waals surface area contributed by atoms with Crippen molar-refractivity contribution in [1.29, 1.82) is 0 Å². The smallest absolute Gasteiger partial charge is 0.383 e. The molecule has 0 aliphatic carbocycles. The van der Waals surface area contributed by atoms with Gasteiger partial charge in [-0.15, -0.1) is 0 Å². The number of hydrogen-bond acceptors (Lipinski definition) is 4. The van der Waals surface area contributed by atoms with E-state index in [0.717, 1.165) is 28.4 Å². The van der Waals surface area contributed by atoms with E-state index in [-0.39, 0.29) is 11.9 Å². The van der Waals surface area contributed by atoms with Crippen LogP contribution in [0.4, 0.5) is 19.0 Å². The maximum Gasteiger partial charge on any atom is 0.416 e. The first kappa shape index (κ1) is 22.5. The molecule has 0 aliphatic rings. The second kappa shape index (κ2) is 8.15. The number of nitrogens with two attached hydrogens (primary N) is 1. The minimum Gasteiger partial charge on any atom is -0.383 e. The lowest BCUT2D eigenvalue weighted by atomic mass is 10.1. The van der Waals surface area contributed by atoms with Crippen LogP contribution in [0.25, 0.3) is 27.6 Å². The number of hydrogen-bond donors (Lipinski definition) is 2. The third kappa shape index (κ3) is 3.96. The highest BCUT2D eigenvalue weighted by Gasteiger charge is 2.30. The molecular weight excluding hydrogens is 457 g/mol. The van der Waals surface area contributed by atoms with E-state index in [4.69, 9.17) is 5.73 Å². The average molecular weight is 478 g/mol. The maximum atomic E-state index is 13.0. The van der Waals surface area contributed by atoms with Gasteiger partial charge in [0.15, 0.2) is 5.65 Å². The summed E-state index contributed by atoms with van der Waals surface area (Å²) in [6, 6.07) is 13.3. The molecule has 35 heavy (non-hydrogen) atoms. The highest BCUT2D eigenvalue weighted by molar-refractivity contribution is 6.10. The highest BCUT2D eigenvalue weighted by atomic mass is 19.4. The topological polar surface area (TPSA) is 90.8 Å². The zero-order valence-electron chi connectivity index (χ0n) is 18.8. The number of nitrogen functional groups attached to an aromatic ring is 1. The van der Waals surface area contributed by atoms with Crippen LogP contribution < -0.4 is 11.1 Å². The summed E-state index contributed by atoms with van der Waals surface area (Å²) in [4.78, 5) is 17.1. The summed E-state index contributed by atoms with van der Waals surface area (Å²) in [6.07, 6.45) is -1.02. The summed E-state index contributed by atoms with van der Waals surface area (Å²) in [7, 11) is 1.76. The molecule has 2 aromatic carbocycles. The monoisotopic (exact) mass is 478 g/mol. The van der Waals surface area contributed by atoms with Crippen molar-refractivity contribution in [2.75, 3.05) is 5.73 Å². The van der Waals surface area contributed by atoms with E-state index >= 15 is 0 Å². The number of fused-ring (bicyclic) bond motifs is 3. The third-order valence-electron chi connectivity index (χ3n) is 5.95. The molecule has 178 valence electrons. The van der Waals surface area contributed by atoms with Crippen LogP contribution in [0, 0.1) is 0 Å². The number of carbonyl (C=O) groups is 1. The molecule has 0 fully saturated rings. The van der Waals surface area contributed by atoms with Crippen LogP contribution in [0.15, 0.2) is 67.0 Å². The minimum absolute atomic E-state index is 0.290. The summed E-state index contributed by atoms with van der Waals surface area (Å²) < 4.78 is 42.5. The Kier molecular flexibility index (Phi) is 5.23. The summed E-state index contributed by atoms with van der Waals surface area (Å²) in [5.74, 6) is 0.0587. The number of anilines is 1. The quantitative estimate of drug-likeness (QED) is 0.380. The largest absolute Gasteiger partial charge is 0.416 e. The summed E-state index contributed by atoms with van der Waals surface area (Å²) >= 11 is 0. The fourth-order valence-electron chi connectivity index (χ4n) is 4.25. The minimum atomic E-state index is -4.42. The molecule has 0 bridgehead atoms. The van der Waals surface area contributed by atoms with Gasteiger partial charge in [0.1, 0.15) is 5.82 Å². The molecule has 10 heteroatoms. The highest BCUT2D eigenvalue weighted by Crippen LogP contribution is 2.34. The Hall–Kier alpha value is -4.34. The molecule has 3 N–H and O–H groups in total. The van der Waals surface area contributed by atoms with Crippen LogP contribution in [-0.2, 0) is 13.2 Å². The number of amides is 1. The van der Waals surface area contributed by atoms with E-state index < -0.39 is 11.7 Å². The molecule has 0 saturated heterocycles. The fraction of sp³-hybridized carbons (Fsp3) is 0.160. The van der Waals surface area contributed by atoms with Crippen LogP contribution in [0.5, 0.6) is 0 Å². The molecule has 3 aromatic heterocycles. The number of benzene rings is 2. The number of rotatable bonds is 4. The molecule has 1 amide bonds. The van der Waals surface area contributed by atoms with Gasteiger partial charge >= 0.3 is 6.18 Å². The molecule has 7 nitrogen and oxygen atoms in total. The molecule has 5 rings (SSSR count). The van der Waals surface area contributed by atoms with Crippen molar-refractivity contribution < 1.29 is 18.0 Å². The van der Waals surface area contributed by atoms with E-state index in [2.05, 4.69) is 15.4 Å². The van der Waals surface area contributed by atoms with Crippen molar-refractivity contribution in [3.05, 3.63) is 83.7 Å². The Morgan fingerprint density at radius 1 is 1.09 bits per heavy atom. The fourth-order valence-corrected chi connectivity index (χ4v) is 4.25. The van der Waals surface area contributed by atoms with E-state index in [1.54, 1.807) is 52.8 Å². The third-order valence-corrected chi connectivity index (χ3v) is 5.95. The number of pyridine rings is 1. The molecule has 0 unspecified atom stereocenters. The van der Waals surface area contributed by atoms with Gasteiger partial charge in [0, 0.05) is 47.0 Å². The SMILES string of the molecule is C[C@H](NC(=O)c1ccc2c(c1)c1cn(C)nc1n2-c1ccc(C(F)(F)F)cc1)c1cccnc1N. The van der Waals surface area contributed by atoms with Crippen LogP contribution in [0.2, 0.25) is 0 Å². The lowest BCUT2D eigenvalue weighted by Crippen LogP contribution is -2.27. The van der Waals surface area contributed by atoms with E-state index in [1.165, 1.54) is 12.1 Å². The molecular formula is C25H21F3N6O. The zero-order valence-corrected chi connectivity index (χ0v) is 18.8. The van der Waals surface area contributed by atoms with Crippen LogP contribution in [0.1, 0.15) is 34.5 Å². The van der Waals surface area contributed by atoms with Gasteiger partial charge in [-0.1, -0.05) is 6.07 Å². The Balaban J connectivity index is 1.55. The molecule has 0 spiro atoms. The first-order chi connectivity index (χ1) is 16.6. The lowest BCUT2D eigenvalue weighted by Gasteiger charge is -2.16. The van der Waals surface area contributed by atoms with Crippen molar-refractivity contribution in [3.63, 3.8) is 0 Å². The number of nitrogens with zero attached hydrogens (tertiary/aromatic N) is 4. The van der Waals surface area contributed by atoms with Crippen molar-refractivity contribution in [1.82, 2.24) is 24.6 Å². The number of nitrogens with one attached hydrogen (secondary N) is 1. The Bertz CT molecular complexity index is 1570. The standard InChI is InChI=1S/C25H21F3N6O/c1-14(18-4-3-11-30-22(18)29)31-24(35)15-5-10-21-19(12-15)20-13-33(2)32-23(20)34(21)17-8-6-16(7-9-17)25(26,27)28/h3-14H,1-2H3,(H2,29,30)(H,31,35)/t14-/m0/s1. The normalized spacial score (nSPS) is 12.8. The number of halogens is 3. The number of alkyl halides is 3. The zero-order chi connectivity index (χ0) is 24.9. The van der Waals surface area contributed by atoms with E-state index in [1.807, 2.05) is 13.1 Å². The summed E-state index contributed by atoms with van der Waals surface area (Å²) in [5.41, 5.74) is 8.19. The van der Waals surface area contributed by atoms with Crippen molar-refractivity contribution in [3.8, 4) is 5.69 Å². The summed E-state index contributed by atoms with van der Waals surface area (Å²) in [5, 5.41) is 8.98. The Labute approximate surface area is 198 Å². The van der Waals surface area contributed by atoms with Crippen LogP contribution in [0.3, 0.4) is 0 Å². The van der Waals surface area contributed by atoms with Gasteiger partial charge in [-0.05, 0) is 55.5 Å². The second-order valence-corrected chi connectivity index (χ2v) is 8.33. The molecule has 5 aromatic rings. The predicted octanol–water partition coefficient (Wildman–Crippen LogP) is 5.00. The first-order valence-electron chi connectivity index (χ1n) is 10.8. The van der Waals surface area contributed by atoms with Crippen molar-refractivity contribution in [2.24, 2.45) is 7.05 Å². The van der Waals surface area contributed by atoms with Crippen molar-refractivity contribution in [2.45, 2.75) is 19.1 Å². The van der Waals surface area contributed by atoms with Crippen LogP contribution in [-0.4, -0.2) is 25.2 Å². The van der Waals surface area contributed by atoms with Gasteiger partial charge in [-0.25, -0.2) is 4.98 Å². The average Bonchev–Trinajstić information content (AvgIpc) is 3.33. The first-order valence-corrected chi connectivity index (χ1v) is 10.8. The predicted molar refractivity (Wildman–Crippen MR) is 127 cm³/mol. The number of aryl methyl sites for hydroxylation is 1. The second-order valence-electron chi connectivity index (χ2n) is 8.33. The van der Waals surface area contributed by atoms with Gasteiger partial charge in [0.2, 0.25) is 0 Å².